The molecule has 0 aliphatic heterocycles. The minimum Gasteiger partial charge on any atom is -0.488 e. The van der Waals surface area contributed by atoms with Gasteiger partial charge in [-0.25, -0.2) is 9.18 Å². The van der Waals surface area contributed by atoms with Crippen molar-refractivity contribution in [2.24, 2.45) is 7.05 Å². The SMILES string of the molecule is Cc1cccc(-n2nnn(C)c2=O)c1COc1cccc(F)c1C. The second-order valence-corrected chi connectivity index (χ2v) is 5.52. The summed E-state index contributed by atoms with van der Waals surface area (Å²) in [6, 6.07) is 10.2. The average Bonchev–Trinajstić information content (AvgIpc) is 2.89. The van der Waals surface area contributed by atoms with Crippen molar-refractivity contribution in [3.05, 3.63) is 69.4 Å². The summed E-state index contributed by atoms with van der Waals surface area (Å²) in [6.45, 7) is 3.77. The number of hydrogen-bond acceptors (Lipinski definition) is 4. The third-order valence-corrected chi connectivity index (χ3v) is 3.93. The highest BCUT2D eigenvalue weighted by atomic mass is 19.1. The van der Waals surface area contributed by atoms with E-state index in [1.165, 1.54) is 17.8 Å². The third kappa shape index (κ3) is 2.80. The molecule has 0 spiro atoms. The molecule has 0 saturated carbocycles. The number of tetrazole rings is 1. The Morgan fingerprint density at radius 3 is 2.58 bits per heavy atom. The summed E-state index contributed by atoms with van der Waals surface area (Å²) in [5, 5.41) is 7.61. The summed E-state index contributed by atoms with van der Waals surface area (Å²) in [5.41, 5.74) is 2.44. The summed E-state index contributed by atoms with van der Waals surface area (Å²) < 4.78 is 21.8. The molecule has 3 rings (SSSR count). The highest BCUT2D eigenvalue weighted by Crippen LogP contribution is 2.23. The van der Waals surface area contributed by atoms with Gasteiger partial charge in [0.05, 0.1) is 5.69 Å². The minimum atomic E-state index is -0.344. The quantitative estimate of drug-likeness (QED) is 0.737. The molecule has 124 valence electrons. The Balaban J connectivity index is 1.98. The number of aryl methyl sites for hydroxylation is 2. The molecular weight excluding hydrogens is 311 g/mol. The van der Waals surface area contributed by atoms with Gasteiger partial charge in [-0.3, -0.25) is 0 Å². The fourth-order valence-electron chi connectivity index (χ4n) is 2.43. The van der Waals surface area contributed by atoms with Crippen molar-refractivity contribution >= 4 is 0 Å². The molecule has 0 fully saturated rings. The first-order chi connectivity index (χ1) is 11.5. The molecule has 0 atom stereocenters. The lowest BCUT2D eigenvalue weighted by Crippen LogP contribution is -2.23. The first-order valence-corrected chi connectivity index (χ1v) is 7.45. The first-order valence-electron chi connectivity index (χ1n) is 7.45. The number of rotatable bonds is 4. The second kappa shape index (κ2) is 6.27. The normalized spacial score (nSPS) is 10.8. The van der Waals surface area contributed by atoms with Gasteiger partial charge in [0.15, 0.2) is 0 Å². The van der Waals surface area contributed by atoms with E-state index in [1.54, 1.807) is 25.1 Å². The van der Waals surface area contributed by atoms with Crippen LogP contribution in [0.1, 0.15) is 16.7 Å². The fraction of sp³-hybridized carbons (Fsp3) is 0.235. The fourth-order valence-corrected chi connectivity index (χ4v) is 2.43. The predicted octanol–water partition coefficient (Wildman–Crippen LogP) is 2.30. The van der Waals surface area contributed by atoms with Crippen LogP contribution < -0.4 is 10.4 Å². The van der Waals surface area contributed by atoms with Gasteiger partial charge in [-0.15, -0.1) is 0 Å². The van der Waals surface area contributed by atoms with Crippen LogP contribution in [0.2, 0.25) is 0 Å². The highest BCUT2D eigenvalue weighted by molar-refractivity contribution is 5.45. The summed E-state index contributed by atoms with van der Waals surface area (Å²) in [6.07, 6.45) is 0. The van der Waals surface area contributed by atoms with Crippen LogP contribution in [0.4, 0.5) is 4.39 Å². The van der Waals surface area contributed by atoms with Crippen LogP contribution in [0, 0.1) is 19.7 Å². The van der Waals surface area contributed by atoms with E-state index in [0.717, 1.165) is 15.8 Å². The van der Waals surface area contributed by atoms with Gasteiger partial charge in [-0.1, -0.05) is 18.2 Å². The van der Waals surface area contributed by atoms with Crippen molar-refractivity contribution < 1.29 is 9.13 Å². The average molecular weight is 328 g/mol. The Hall–Kier alpha value is -2.96. The number of halogens is 1. The predicted molar refractivity (Wildman–Crippen MR) is 86.8 cm³/mol. The van der Waals surface area contributed by atoms with Crippen LogP contribution in [0.15, 0.2) is 41.2 Å². The molecule has 0 aliphatic rings. The number of aromatic nitrogens is 4. The summed E-state index contributed by atoms with van der Waals surface area (Å²) in [4.78, 5) is 12.1. The van der Waals surface area contributed by atoms with Crippen LogP contribution in [-0.2, 0) is 13.7 Å². The van der Waals surface area contributed by atoms with Crippen molar-refractivity contribution in [3.63, 3.8) is 0 Å². The third-order valence-electron chi connectivity index (χ3n) is 3.93. The van der Waals surface area contributed by atoms with Crippen molar-refractivity contribution in [2.75, 3.05) is 0 Å². The van der Waals surface area contributed by atoms with E-state index < -0.39 is 0 Å². The molecule has 0 bridgehead atoms. The van der Waals surface area contributed by atoms with Crippen molar-refractivity contribution in [3.8, 4) is 11.4 Å². The van der Waals surface area contributed by atoms with E-state index >= 15 is 0 Å². The lowest BCUT2D eigenvalue weighted by molar-refractivity contribution is 0.300. The van der Waals surface area contributed by atoms with E-state index in [4.69, 9.17) is 4.74 Å². The van der Waals surface area contributed by atoms with Gasteiger partial charge in [0.1, 0.15) is 18.2 Å². The molecule has 6 nitrogen and oxygen atoms in total. The molecule has 0 radical (unpaired) electrons. The molecule has 0 unspecified atom stereocenters. The second-order valence-electron chi connectivity index (χ2n) is 5.52. The largest absolute Gasteiger partial charge is 0.488 e. The Morgan fingerprint density at radius 2 is 1.88 bits per heavy atom. The zero-order valence-corrected chi connectivity index (χ0v) is 13.7. The Labute approximate surface area is 138 Å². The summed E-state index contributed by atoms with van der Waals surface area (Å²) in [7, 11) is 1.54. The molecule has 1 aromatic heterocycles. The summed E-state index contributed by atoms with van der Waals surface area (Å²) in [5.74, 6) is 0.151. The Kier molecular flexibility index (Phi) is 4.16. The van der Waals surface area contributed by atoms with Gasteiger partial charge in [-0.2, -0.15) is 9.36 Å². The Bertz CT molecular complexity index is 946. The van der Waals surface area contributed by atoms with E-state index in [1.807, 2.05) is 19.1 Å². The molecule has 7 heteroatoms. The van der Waals surface area contributed by atoms with Crippen LogP contribution in [0.5, 0.6) is 5.75 Å². The molecule has 1 heterocycles. The molecule has 3 aromatic rings. The number of benzene rings is 2. The molecular formula is C17H17FN4O2. The molecule has 0 amide bonds. The zero-order valence-electron chi connectivity index (χ0n) is 13.7. The van der Waals surface area contributed by atoms with Crippen molar-refractivity contribution in [1.29, 1.82) is 0 Å². The van der Waals surface area contributed by atoms with Crippen molar-refractivity contribution in [1.82, 2.24) is 19.8 Å². The Morgan fingerprint density at radius 1 is 1.12 bits per heavy atom. The maximum Gasteiger partial charge on any atom is 0.368 e. The van der Waals surface area contributed by atoms with E-state index in [0.29, 0.717) is 17.0 Å². The van der Waals surface area contributed by atoms with Crippen LogP contribution in [-0.4, -0.2) is 19.8 Å². The van der Waals surface area contributed by atoms with E-state index in [-0.39, 0.29) is 18.1 Å². The van der Waals surface area contributed by atoms with Gasteiger partial charge in [0.25, 0.3) is 0 Å². The lowest BCUT2D eigenvalue weighted by atomic mass is 10.1. The van der Waals surface area contributed by atoms with Gasteiger partial charge in [0, 0.05) is 18.2 Å². The van der Waals surface area contributed by atoms with Crippen LogP contribution >= 0.6 is 0 Å². The molecule has 0 N–H and O–H groups in total. The van der Waals surface area contributed by atoms with Gasteiger partial charge >= 0.3 is 5.69 Å². The first kappa shape index (κ1) is 15.9. The topological polar surface area (TPSA) is 61.9 Å². The number of ether oxygens (including phenoxy) is 1. The monoisotopic (exact) mass is 328 g/mol. The van der Waals surface area contributed by atoms with Gasteiger partial charge in [-0.05, 0) is 48.0 Å². The highest BCUT2D eigenvalue weighted by Gasteiger charge is 2.14. The summed E-state index contributed by atoms with van der Waals surface area (Å²) >= 11 is 0. The van der Waals surface area contributed by atoms with E-state index in [2.05, 4.69) is 10.4 Å². The van der Waals surface area contributed by atoms with Crippen molar-refractivity contribution in [2.45, 2.75) is 20.5 Å². The molecule has 24 heavy (non-hydrogen) atoms. The number of nitrogens with zero attached hydrogens (tertiary/aromatic N) is 4. The minimum absolute atomic E-state index is 0.190. The zero-order chi connectivity index (χ0) is 17.3. The van der Waals surface area contributed by atoms with Gasteiger partial charge in [0.2, 0.25) is 0 Å². The standard InChI is InChI=1S/C17H17FN4O2/c1-11-6-4-8-15(22-17(23)21(3)19-20-22)13(11)10-24-16-9-5-7-14(18)12(16)2/h4-9H,10H2,1-3H3. The van der Waals surface area contributed by atoms with Crippen LogP contribution in [0.3, 0.4) is 0 Å². The van der Waals surface area contributed by atoms with Crippen LogP contribution in [0.25, 0.3) is 5.69 Å². The lowest BCUT2D eigenvalue weighted by Gasteiger charge is -2.14. The maximum atomic E-state index is 13.6. The van der Waals surface area contributed by atoms with E-state index in [9.17, 15) is 9.18 Å². The smallest absolute Gasteiger partial charge is 0.368 e. The molecule has 2 aromatic carbocycles. The molecule has 0 saturated heterocycles. The maximum absolute atomic E-state index is 13.6. The van der Waals surface area contributed by atoms with Gasteiger partial charge < -0.3 is 4.74 Å². The molecule has 0 aliphatic carbocycles. The number of hydrogen-bond donors (Lipinski definition) is 0.